The molecule has 0 saturated carbocycles. The van der Waals surface area contributed by atoms with E-state index in [0.717, 1.165) is 66.0 Å². The van der Waals surface area contributed by atoms with Crippen LogP contribution < -0.4 is 4.74 Å². The molecule has 8 nitrogen and oxygen atoms in total. The van der Waals surface area contributed by atoms with Crippen LogP contribution in [0.4, 0.5) is 0 Å². The van der Waals surface area contributed by atoms with Gasteiger partial charge >= 0.3 is 0 Å². The summed E-state index contributed by atoms with van der Waals surface area (Å²) in [4.78, 5) is 9.21. The lowest BCUT2D eigenvalue weighted by atomic mass is 9.96. The first-order chi connectivity index (χ1) is 16.4. The smallest absolute Gasteiger partial charge is 0.121 e. The van der Waals surface area contributed by atoms with Crippen molar-refractivity contribution in [3.05, 3.63) is 72.9 Å². The predicted molar refractivity (Wildman–Crippen MR) is 125 cm³/mol. The summed E-state index contributed by atoms with van der Waals surface area (Å²) < 4.78 is 9.93. The lowest BCUT2D eigenvalue weighted by molar-refractivity contribution is 0.298. The van der Waals surface area contributed by atoms with Gasteiger partial charge in [0, 0.05) is 60.8 Å². The van der Waals surface area contributed by atoms with Crippen molar-refractivity contribution in [2.24, 2.45) is 0 Å². The van der Waals surface area contributed by atoms with Gasteiger partial charge in [-0.05, 0) is 48.7 Å². The van der Waals surface area contributed by atoms with Crippen LogP contribution in [0.5, 0.6) is 5.75 Å². The third-order valence-electron chi connectivity index (χ3n) is 6.00. The molecule has 0 atom stereocenters. The van der Waals surface area contributed by atoms with Crippen molar-refractivity contribution in [1.82, 2.24) is 34.7 Å². The Kier molecular flexibility index (Phi) is 5.03. The van der Waals surface area contributed by atoms with E-state index in [-0.39, 0.29) is 0 Å². The molecule has 0 amide bonds. The standard InChI is InChI=1S/C25H23N7O/c1-2-10-26-21(5-1)25-24(23-6-3-14-32(23)29-25)20-9-11-27-22-17-18(7-8-19(20)22)33-16-4-13-31-15-12-28-30-31/h1-2,5,7-12,15,17H,3-4,6,13-14,16H2. The fourth-order valence-corrected chi connectivity index (χ4v) is 4.50. The molecule has 0 unspecified atom stereocenters. The quantitative estimate of drug-likeness (QED) is 0.356. The molecule has 1 aliphatic heterocycles. The zero-order valence-corrected chi connectivity index (χ0v) is 18.1. The van der Waals surface area contributed by atoms with Crippen molar-refractivity contribution in [3.63, 3.8) is 0 Å². The summed E-state index contributed by atoms with van der Waals surface area (Å²) in [6.45, 7) is 2.33. The van der Waals surface area contributed by atoms with Gasteiger partial charge in [-0.1, -0.05) is 11.3 Å². The zero-order chi connectivity index (χ0) is 22.0. The summed E-state index contributed by atoms with van der Waals surface area (Å²) >= 11 is 0. The second kappa shape index (κ2) is 8.46. The monoisotopic (exact) mass is 437 g/mol. The minimum absolute atomic E-state index is 0.603. The molecule has 4 aromatic heterocycles. The highest BCUT2D eigenvalue weighted by molar-refractivity contribution is 5.99. The van der Waals surface area contributed by atoms with Gasteiger partial charge in [0.05, 0.1) is 24.0 Å². The van der Waals surface area contributed by atoms with E-state index >= 15 is 0 Å². The Bertz CT molecular complexity index is 1390. The Labute approximate surface area is 190 Å². The molecule has 0 spiro atoms. The Morgan fingerprint density at radius 1 is 1.00 bits per heavy atom. The molecule has 6 rings (SSSR count). The van der Waals surface area contributed by atoms with Gasteiger partial charge in [0.25, 0.3) is 0 Å². The van der Waals surface area contributed by atoms with Crippen molar-refractivity contribution in [1.29, 1.82) is 0 Å². The van der Waals surface area contributed by atoms with Crippen molar-refractivity contribution in [3.8, 4) is 28.3 Å². The molecule has 0 bridgehead atoms. The topological polar surface area (TPSA) is 83.5 Å². The van der Waals surface area contributed by atoms with Crippen LogP contribution in [0.15, 0.2) is 67.3 Å². The summed E-state index contributed by atoms with van der Waals surface area (Å²) in [6.07, 6.45) is 10.2. The van der Waals surface area contributed by atoms with E-state index in [4.69, 9.17) is 9.84 Å². The molecular weight excluding hydrogens is 414 g/mol. The molecular formula is C25H23N7O. The lowest BCUT2D eigenvalue weighted by Gasteiger charge is -2.11. The maximum Gasteiger partial charge on any atom is 0.121 e. The number of hydrogen-bond acceptors (Lipinski definition) is 6. The third kappa shape index (κ3) is 3.73. The van der Waals surface area contributed by atoms with Crippen molar-refractivity contribution < 1.29 is 4.74 Å². The van der Waals surface area contributed by atoms with Crippen LogP contribution >= 0.6 is 0 Å². The highest BCUT2D eigenvalue weighted by Gasteiger charge is 2.25. The van der Waals surface area contributed by atoms with Crippen LogP contribution in [0.1, 0.15) is 18.5 Å². The average Bonchev–Trinajstić information content (AvgIpc) is 3.60. The van der Waals surface area contributed by atoms with Gasteiger partial charge in [-0.2, -0.15) is 5.10 Å². The van der Waals surface area contributed by atoms with E-state index < -0.39 is 0 Å². The molecule has 1 aromatic carbocycles. The lowest BCUT2D eigenvalue weighted by Crippen LogP contribution is -2.05. The molecule has 0 radical (unpaired) electrons. The van der Waals surface area contributed by atoms with E-state index in [1.54, 1.807) is 10.9 Å². The highest BCUT2D eigenvalue weighted by Crippen LogP contribution is 2.40. The minimum Gasteiger partial charge on any atom is -0.493 e. The molecule has 164 valence electrons. The molecule has 8 heteroatoms. The van der Waals surface area contributed by atoms with Crippen molar-refractivity contribution in [2.45, 2.75) is 32.4 Å². The maximum atomic E-state index is 5.98. The van der Waals surface area contributed by atoms with Crippen LogP contribution in [0.3, 0.4) is 0 Å². The Hall–Kier alpha value is -4.07. The number of rotatable bonds is 7. The maximum absolute atomic E-state index is 5.98. The van der Waals surface area contributed by atoms with Crippen LogP contribution in [0.2, 0.25) is 0 Å². The fourth-order valence-electron chi connectivity index (χ4n) is 4.50. The largest absolute Gasteiger partial charge is 0.493 e. The first-order valence-corrected chi connectivity index (χ1v) is 11.2. The van der Waals surface area contributed by atoms with Crippen LogP contribution in [-0.4, -0.2) is 41.3 Å². The second-order valence-electron chi connectivity index (χ2n) is 8.12. The number of nitrogens with zero attached hydrogens (tertiary/aromatic N) is 7. The van der Waals surface area contributed by atoms with Gasteiger partial charge in [-0.25, -0.2) is 0 Å². The molecule has 0 N–H and O–H groups in total. The predicted octanol–water partition coefficient (Wildman–Crippen LogP) is 4.17. The van der Waals surface area contributed by atoms with Crippen LogP contribution in [-0.2, 0) is 19.5 Å². The summed E-state index contributed by atoms with van der Waals surface area (Å²) in [6, 6.07) is 14.2. The van der Waals surface area contributed by atoms with Gasteiger partial charge in [0.15, 0.2) is 0 Å². The number of benzene rings is 1. The number of aromatic nitrogens is 7. The molecule has 5 aromatic rings. The number of fused-ring (bicyclic) bond motifs is 2. The van der Waals surface area contributed by atoms with Crippen molar-refractivity contribution in [2.75, 3.05) is 6.61 Å². The number of pyridine rings is 2. The van der Waals surface area contributed by atoms with Crippen LogP contribution in [0, 0.1) is 0 Å². The Balaban J connectivity index is 1.32. The van der Waals surface area contributed by atoms with Gasteiger partial charge in [-0.15, -0.1) is 5.10 Å². The SMILES string of the molecule is c1ccc(-c2nn3c(c2-c2ccnc4cc(OCCCn5ccnn5)ccc24)CCC3)nc1. The van der Waals surface area contributed by atoms with E-state index in [1.165, 1.54) is 11.3 Å². The van der Waals surface area contributed by atoms with E-state index in [1.807, 2.05) is 48.9 Å². The van der Waals surface area contributed by atoms with Gasteiger partial charge in [-0.3, -0.25) is 19.3 Å². The van der Waals surface area contributed by atoms with Gasteiger partial charge in [0.1, 0.15) is 11.4 Å². The molecule has 0 aliphatic carbocycles. The normalized spacial score (nSPS) is 12.8. The number of aryl methyl sites for hydroxylation is 2. The van der Waals surface area contributed by atoms with Gasteiger partial charge < -0.3 is 4.74 Å². The molecule has 5 heterocycles. The molecule has 1 aliphatic rings. The van der Waals surface area contributed by atoms with E-state index in [9.17, 15) is 0 Å². The first-order valence-electron chi connectivity index (χ1n) is 11.2. The van der Waals surface area contributed by atoms with Crippen molar-refractivity contribution >= 4 is 10.9 Å². The number of hydrogen-bond donors (Lipinski definition) is 0. The first kappa shape index (κ1) is 19.6. The molecule has 33 heavy (non-hydrogen) atoms. The zero-order valence-electron chi connectivity index (χ0n) is 18.1. The summed E-state index contributed by atoms with van der Waals surface area (Å²) in [5.74, 6) is 0.816. The minimum atomic E-state index is 0.603. The number of ether oxygens (including phenoxy) is 1. The summed E-state index contributed by atoms with van der Waals surface area (Å²) in [5.41, 5.74) is 6.32. The Morgan fingerprint density at radius 3 is 2.88 bits per heavy atom. The van der Waals surface area contributed by atoms with E-state index in [0.29, 0.717) is 6.61 Å². The third-order valence-corrected chi connectivity index (χ3v) is 6.00. The summed E-state index contributed by atoms with van der Waals surface area (Å²) in [5, 5.41) is 13.8. The molecule has 0 fully saturated rings. The second-order valence-corrected chi connectivity index (χ2v) is 8.12. The summed E-state index contributed by atoms with van der Waals surface area (Å²) in [7, 11) is 0. The fraction of sp³-hybridized carbons (Fsp3) is 0.240. The Morgan fingerprint density at radius 2 is 2.00 bits per heavy atom. The van der Waals surface area contributed by atoms with Gasteiger partial charge in [0.2, 0.25) is 0 Å². The van der Waals surface area contributed by atoms with Crippen LogP contribution in [0.25, 0.3) is 33.4 Å². The molecule has 0 saturated heterocycles. The highest BCUT2D eigenvalue weighted by atomic mass is 16.5. The van der Waals surface area contributed by atoms with E-state index in [2.05, 4.69) is 37.1 Å². The average molecular weight is 438 g/mol.